The minimum Gasteiger partial charge on any atom is -0.273 e. The van der Waals surface area contributed by atoms with Gasteiger partial charge in [-0.1, -0.05) is 11.6 Å². The van der Waals surface area contributed by atoms with E-state index in [9.17, 15) is 13.2 Å². The van der Waals surface area contributed by atoms with Crippen molar-refractivity contribution in [2.45, 2.75) is 31.9 Å². The van der Waals surface area contributed by atoms with Crippen molar-refractivity contribution >= 4 is 38.9 Å². The number of rotatable bonds is 4. The van der Waals surface area contributed by atoms with Gasteiger partial charge >= 0.3 is 0 Å². The molecule has 1 aromatic rings. The molecule has 0 spiro atoms. The van der Waals surface area contributed by atoms with Gasteiger partial charge in [-0.2, -0.15) is 0 Å². The van der Waals surface area contributed by atoms with E-state index in [0.717, 1.165) is 9.18 Å². The molecule has 1 aromatic heterocycles. The maximum absolute atomic E-state index is 12.1. The van der Waals surface area contributed by atoms with Crippen molar-refractivity contribution in [2.24, 2.45) is 0 Å². The zero-order valence-electron chi connectivity index (χ0n) is 10.7. The number of nitrogens with zero attached hydrogens (tertiary/aromatic N) is 1. The highest BCUT2D eigenvalue weighted by atomic mass is 35.5. The smallest absolute Gasteiger partial charge is 0.243 e. The summed E-state index contributed by atoms with van der Waals surface area (Å²) < 4.78 is 25.2. The SMILES string of the molecule is CC(C)S(=O)(=O)N(C)C(=O)[C@H](C)c1ccc(Cl)s1. The predicted octanol–water partition coefficient (Wildman–Crippen LogP) is 2.70. The highest BCUT2D eigenvalue weighted by Crippen LogP contribution is 2.29. The van der Waals surface area contributed by atoms with Crippen LogP contribution < -0.4 is 0 Å². The number of likely N-dealkylation sites (N-methyl/N-ethyl adjacent to an activating group) is 1. The monoisotopic (exact) mass is 309 g/mol. The Balaban J connectivity index is 2.95. The van der Waals surface area contributed by atoms with Crippen LogP contribution in [-0.4, -0.2) is 30.9 Å². The second-order valence-electron chi connectivity index (χ2n) is 4.26. The fraction of sp³-hybridized carbons (Fsp3) is 0.545. The summed E-state index contributed by atoms with van der Waals surface area (Å²) in [5.41, 5.74) is 0. The fourth-order valence-electron chi connectivity index (χ4n) is 1.40. The minimum atomic E-state index is -3.57. The Hall–Kier alpha value is -0.590. The van der Waals surface area contributed by atoms with Crippen LogP contribution in [0.3, 0.4) is 0 Å². The van der Waals surface area contributed by atoms with Crippen LogP contribution in [-0.2, 0) is 14.8 Å². The summed E-state index contributed by atoms with van der Waals surface area (Å²) in [5.74, 6) is -0.955. The van der Waals surface area contributed by atoms with Crippen molar-refractivity contribution in [3.05, 3.63) is 21.3 Å². The van der Waals surface area contributed by atoms with Crippen LogP contribution in [0.2, 0.25) is 4.34 Å². The molecule has 0 saturated carbocycles. The molecule has 0 unspecified atom stereocenters. The first-order valence-corrected chi connectivity index (χ1v) is 8.14. The number of amides is 1. The summed E-state index contributed by atoms with van der Waals surface area (Å²) in [5, 5.41) is -0.620. The van der Waals surface area contributed by atoms with E-state index in [2.05, 4.69) is 0 Å². The van der Waals surface area contributed by atoms with Gasteiger partial charge < -0.3 is 0 Å². The molecular formula is C11H16ClNO3S2. The van der Waals surface area contributed by atoms with Crippen LogP contribution in [0.1, 0.15) is 31.6 Å². The van der Waals surface area contributed by atoms with E-state index in [1.807, 2.05) is 0 Å². The molecule has 1 atom stereocenters. The van der Waals surface area contributed by atoms with Crippen molar-refractivity contribution < 1.29 is 13.2 Å². The van der Waals surface area contributed by atoms with E-state index in [1.54, 1.807) is 32.9 Å². The van der Waals surface area contributed by atoms with Crippen molar-refractivity contribution in [2.75, 3.05) is 7.05 Å². The third-order valence-corrected chi connectivity index (χ3v) is 6.23. The number of sulfonamides is 1. The minimum absolute atomic E-state index is 0.442. The average molecular weight is 310 g/mol. The number of hydrogen-bond acceptors (Lipinski definition) is 4. The normalized spacial score (nSPS) is 13.7. The van der Waals surface area contributed by atoms with E-state index >= 15 is 0 Å². The highest BCUT2D eigenvalue weighted by Gasteiger charge is 2.30. The summed E-state index contributed by atoms with van der Waals surface area (Å²) in [6.07, 6.45) is 0. The topological polar surface area (TPSA) is 54.5 Å². The first-order valence-electron chi connectivity index (χ1n) is 5.44. The summed E-state index contributed by atoms with van der Waals surface area (Å²) >= 11 is 7.09. The molecule has 0 N–H and O–H groups in total. The average Bonchev–Trinajstić information content (AvgIpc) is 2.72. The van der Waals surface area contributed by atoms with Gasteiger partial charge in [-0.15, -0.1) is 11.3 Å². The Labute approximate surface area is 117 Å². The van der Waals surface area contributed by atoms with E-state index in [4.69, 9.17) is 11.6 Å². The van der Waals surface area contributed by atoms with E-state index in [0.29, 0.717) is 4.34 Å². The quantitative estimate of drug-likeness (QED) is 0.859. The standard InChI is InChI=1S/C11H16ClNO3S2/c1-7(2)18(15,16)13(4)11(14)8(3)9-5-6-10(12)17-9/h5-8H,1-4H3/t8-/m1/s1. The van der Waals surface area contributed by atoms with Gasteiger partial charge in [-0.05, 0) is 32.9 Å². The largest absolute Gasteiger partial charge is 0.273 e. The van der Waals surface area contributed by atoms with E-state index in [-0.39, 0.29) is 0 Å². The van der Waals surface area contributed by atoms with E-state index in [1.165, 1.54) is 18.4 Å². The van der Waals surface area contributed by atoms with Crippen LogP contribution in [0.15, 0.2) is 12.1 Å². The zero-order chi connectivity index (χ0) is 14.1. The molecule has 1 heterocycles. The number of carbonyl (C=O) groups excluding carboxylic acids is 1. The summed E-state index contributed by atoms with van der Waals surface area (Å²) in [4.78, 5) is 12.9. The number of halogens is 1. The number of thiophene rings is 1. The lowest BCUT2D eigenvalue weighted by molar-refractivity contribution is -0.126. The molecule has 0 saturated heterocycles. The Bertz CT molecular complexity index is 536. The lowest BCUT2D eigenvalue weighted by Crippen LogP contribution is -2.39. The van der Waals surface area contributed by atoms with Gasteiger partial charge in [-0.25, -0.2) is 12.7 Å². The van der Waals surface area contributed by atoms with Gasteiger partial charge in [0, 0.05) is 11.9 Å². The first-order chi connectivity index (χ1) is 8.17. The molecule has 0 fully saturated rings. The molecule has 0 aromatic carbocycles. The molecule has 0 aliphatic heterocycles. The lowest BCUT2D eigenvalue weighted by atomic mass is 10.1. The molecule has 1 amide bonds. The van der Waals surface area contributed by atoms with Crippen LogP contribution in [0.5, 0.6) is 0 Å². The predicted molar refractivity (Wildman–Crippen MR) is 74.6 cm³/mol. The van der Waals surface area contributed by atoms with Crippen LogP contribution in [0, 0.1) is 0 Å². The van der Waals surface area contributed by atoms with Crippen molar-refractivity contribution in [1.82, 2.24) is 4.31 Å². The van der Waals surface area contributed by atoms with Crippen LogP contribution in [0.4, 0.5) is 0 Å². The molecule has 0 aliphatic rings. The summed E-state index contributed by atoms with van der Waals surface area (Å²) in [6.45, 7) is 4.77. The second-order valence-corrected chi connectivity index (χ2v) is 8.53. The number of hydrogen-bond donors (Lipinski definition) is 0. The molecule has 7 heteroatoms. The van der Waals surface area contributed by atoms with Crippen molar-refractivity contribution in [1.29, 1.82) is 0 Å². The molecular weight excluding hydrogens is 294 g/mol. The highest BCUT2D eigenvalue weighted by molar-refractivity contribution is 7.90. The van der Waals surface area contributed by atoms with Gasteiger partial charge in [0.1, 0.15) is 0 Å². The molecule has 0 aliphatic carbocycles. The summed E-state index contributed by atoms with van der Waals surface area (Å²) in [7, 11) is -2.27. The molecule has 0 bridgehead atoms. The number of carbonyl (C=O) groups is 1. The Kier molecular flexibility index (Phi) is 4.80. The molecule has 18 heavy (non-hydrogen) atoms. The Morgan fingerprint density at radius 1 is 1.33 bits per heavy atom. The maximum atomic E-state index is 12.1. The lowest BCUT2D eigenvalue weighted by Gasteiger charge is -2.22. The zero-order valence-corrected chi connectivity index (χ0v) is 13.1. The van der Waals surface area contributed by atoms with Gasteiger partial charge in [0.05, 0.1) is 15.5 Å². The molecule has 102 valence electrons. The van der Waals surface area contributed by atoms with Crippen molar-refractivity contribution in [3.63, 3.8) is 0 Å². The van der Waals surface area contributed by atoms with Crippen LogP contribution >= 0.6 is 22.9 Å². The Morgan fingerprint density at radius 3 is 2.28 bits per heavy atom. The Morgan fingerprint density at radius 2 is 1.89 bits per heavy atom. The van der Waals surface area contributed by atoms with Gasteiger partial charge in [-0.3, -0.25) is 4.79 Å². The van der Waals surface area contributed by atoms with Gasteiger partial charge in [0.25, 0.3) is 0 Å². The molecule has 4 nitrogen and oxygen atoms in total. The third kappa shape index (κ3) is 3.05. The molecule has 1 rings (SSSR count). The third-order valence-electron chi connectivity index (χ3n) is 2.68. The van der Waals surface area contributed by atoms with E-state index < -0.39 is 27.1 Å². The van der Waals surface area contributed by atoms with Crippen molar-refractivity contribution in [3.8, 4) is 0 Å². The van der Waals surface area contributed by atoms with Gasteiger partial charge in [0.2, 0.25) is 15.9 Å². The van der Waals surface area contributed by atoms with Crippen LogP contribution in [0.25, 0.3) is 0 Å². The maximum Gasteiger partial charge on any atom is 0.243 e. The molecule has 0 radical (unpaired) electrons. The summed E-state index contributed by atoms with van der Waals surface area (Å²) in [6, 6.07) is 3.44. The second kappa shape index (κ2) is 5.59. The first kappa shape index (κ1) is 15.5. The fourth-order valence-corrected chi connectivity index (χ4v) is 3.54. The van der Waals surface area contributed by atoms with Gasteiger partial charge in [0.15, 0.2) is 0 Å².